The number of likely N-dealkylation sites (N-methyl/N-ethyl adjacent to an activating group) is 6. The van der Waals surface area contributed by atoms with E-state index in [1.807, 2.05) is 136 Å². The quantitative estimate of drug-likeness (QED) is 0.0761. The summed E-state index contributed by atoms with van der Waals surface area (Å²) in [5.74, 6) is 2.98. The minimum atomic E-state index is -0.0930. The molecule has 6 N–H and O–H groups in total. The zero-order valence-corrected chi connectivity index (χ0v) is 57.0. The molecule has 0 saturated carbocycles. The largest absolute Gasteiger partial charge is 0.311 e. The average molecular weight is 1320 g/mol. The molecule has 6 atom stereocenters. The van der Waals surface area contributed by atoms with Crippen molar-refractivity contribution in [1.29, 1.82) is 0 Å². The van der Waals surface area contributed by atoms with E-state index in [1.54, 1.807) is 70.2 Å². The molecule has 25 heteroatoms. The van der Waals surface area contributed by atoms with Crippen LogP contribution in [0.3, 0.4) is 0 Å². The van der Waals surface area contributed by atoms with Crippen LogP contribution in [-0.2, 0) is 28.8 Å². The molecule has 0 spiro atoms. The molecule has 1 aromatic carbocycles. The Morgan fingerprint density at radius 2 is 0.656 bits per heavy atom. The summed E-state index contributed by atoms with van der Waals surface area (Å²) < 4.78 is 0. The number of benzene rings is 1. The molecule has 12 rings (SSSR count). The summed E-state index contributed by atoms with van der Waals surface area (Å²) in [6.07, 6.45) is 31.7. The molecule has 25 nitrogen and oxygen atoms in total. The highest BCUT2D eigenvalue weighted by Gasteiger charge is 2.32. The van der Waals surface area contributed by atoms with Crippen LogP contribution < -0.4 is 61.3 Å². The molecule has 6 aliphatic rings. The topological polar surface area (TPSA) is 284 Å². The molecule has 5 aromatic heterocycles. The van der Waals surface area contributed by atoms with Gasteiger partial charge in [0.15, 0.2) is 5.82 Å². The number of carbonyl (C=O) groups is 6. The molecule has 6 aliphatic heterocycles. The van der Waals surface area contributed by atoms with Crippen molar-refractivity contribution < 1.29 is 28.8 Å². The first-order chi connectivity index (χ1) is 47.0. The molecule has 6 unspecified atom stereocenters. The number of nitrogens with zero attached hydrogens (tertiary/aromatic N) is 13. The van der Waals surface area contributed by atoms with Crippen molar-refractivity contribution in [2.45, 2.75) is 152 Å². The fourth-order valence-electron chi connectivity index (χ4n) is 12.3. The summed E-state index contributed by atoms with van der Waals surface area (Å²) in [5.41, 5.74) is 2.85. The predicted molar refractivity (Wildman–Crippen MR) is 378 cm³/mol. The number of rotatable bonds is 12. The van der Waals surface area contributed by atoms with Crippen LogP contribution >= 0.6 is 0 Å². The van der Waals surface area contributed by atoms with Gasteiger partial charge in [0.25, 0.3) is 0 Å². The van der Waals surface area contributed by atoms with E-state index in [4.69, 9.17) is 0 Å². The van der Waals surface area contributed by atoms with Crippen molar-refractivity contribution in [1.82, 2.24) is 67.0 Å². The molecule has 6 amide bonds. The summed E-state index contributed by atoms with van der Waals surface area (Å²) in [5, 5.41) is 26.3. The van der Waals surface area contributed by atoms with Crippen LogP contribution in [0.4, 0.5) is 34.5 Å². The van der Waals surface area contributed by atoms with E-state index >= 15 is 0 Å². The minimum absolute atomic E-state index is 0.0253. The standard InChI is InChI=1S/C13H18N2O.3C12H17N3O.2C11H16N4O/c1-14-12-9-5-6-10-15(13(12)16)11-7-3-2-4-8-11;1-13-10-6-3-5-9-15(12(10)16)11-7-2-4-8-14-11;1-13-11-6-2-3-8-15(12(11)16)10-5-4-7-14-9-10;1-13-11-4-2-3-9-15(12(11)16)10-5-7-14-8-6-10;1-12-9-5-2-3-8-15(11(9)16)10-6-4-7-13-14-10;1-12-9-4-2-3-7-15(11(9)16)10-5-6-13-8-14-10/h2-4,7-8,12,14H,5-6,9-10H2,1H3;2,4,7-8,10,13H,3,5-6,9H2,1H3;4-5,7,9,11,13H,2-3,6,8H2,1H3;5-8,11,13H,2-4,9H2,1H3;4,6-7,9,12H,2-3,5,8H2,1H3;5-6,8-9,12H,2-4,7H2,1H3. The molecule has 0 aliphatic carbocycles. The van der Waals surface area contributed by atoms with Crippen LogP contribution in [0.1, 0.15) is 116 Å². The summed E-state index contributed by atoms with van der Waals surface area (Å²) in [4.78, 5) is 104. The first-order valence-electron chi connectivity index (χ1n) is 34.2. The van der Waals surface area contributed by atoms with Crippen molar-refractivity contribution >= 4 is 70.0 Å². The van der Waals surface area contributed by atoms with Crippen molar-refractivity contribution in [2.75, 3.05) is 111 Å². The second-order valence-corrected chi connectivity index (χ2v) is 24.1. The molecule has 6 aromatic rings. The van der Waals surface area contributed by atoms with E-state index in [9.17, 15) is 28.8 Å². The second kappa shape index (κ2) is 41.4. The number of hydrogen-bond acceptors (Lipinski definition) is 19. The highest BCUT2D eigenvalue weighted by atomic mass is 16.2. The third-order valence-electron chi connectivity index (χ3n) is 17.8. The van der Waals surface area contributed by atoms with E-state index < -0.39 is 0 Å². The van der Waals surface area contributed by atoms with E-state index in [2.05, 4.69) is 67.0 Å². The monoisotopic (exact) mass is 1320 g/mol. The average Bonchev–Trinajstić information content (AvgIpc) is 2.06. The number of hydrogen-bond donors (Lipinski definition) is 6. The first kappa shape index (κ1) is 74.8. The van der Waals surface area contributed by atoms with E-state index in [0.717, 1.165) is 178 Å². The van der Waals surface area contributed by atoms with Crippen LogP contribution in [0.25, 0.3) is 0 Å². The van der Waals surface area contributed by atoms with Gasteiger partial charge in [-0.2, -0.15) is 5.10 Å². The van der Waals surface area contributed by atoms with Gasteiger partial charge in [-0.25, -0.2) is 15.0 Å². The molecule has 11 heterocycles. The Morgan fingerprint density at radius 3 is 1.03 bits per heavy atom. The number of para-hydroxylation sites is 1. The Kier molecular flexibility index (Phi) is 32.2. The Morgan fingerprint density at radius 1 is 0.302 bits per heavy atom. The fraction of sp³-hybridized carbons (Fsp3) is 0.507. The first-order valence-corrected chi connectivity index (χ1v) is 34.2. The summed E-state index contributed by atoms with van der Waals surface area (Å²) in [6, 6.07) is 28.2. The van der Waals surface area contributed by atoms with Crippen LogP contribution in [-0.4, -0.2) is 188 Å². The SMILES string of the molecule is CNC1CCCCN(c2ccccc2)C1=O.CNC1CCCCN(c2ccccn2)C1=O.CNC1CCCCN(c2cccnc2)C1=O.CNC1CCCCN(c2cccnn2)C1=O.CNC1CCCCN(c2ccncc2)C1=O.CNC1CCCCN(c2ccncn2)C1=O. The summed E-state index contributed by atoms with van der Waals surface area (Å²) >= 11 is 0. The molecular weight excluding hydrogens is 1210 g/mol. The Balaban J connectivity index is 0.000000163. The number of pyridine rings is 3. The van der Waals surface area contributed by atoms with Gasteiger partial charge in [0.2, 0.25) is 35.4 Å². The molecular formula is C71H101N19O6. The molecule has 0 radical (unpaired) electrons. The zero-order valence-electron chi connectivity index (χ0n) is 57.0. The maximum Gasteiger partial charge on any atom is 0.245 e. The van der Waals surface area contributed by atoms with Crippen LogP contribution in [0.5, 0.6) is 0 Å². The molecule has 6 fully saturated rings. The van der Waals surface area contributed by atoms with Crippen LogP contribution in [0.15, 0.2) is 141 Å². The lowest BCUT2D eigenvalue weighted by Crippen LogP contribution is -2.44. The lowest BCUT2D eigenvalue weighted by Gasteiger charge is -2.24. The smallest absolute Gasteiger partial charge is 0.245 e. The van der Waals surface area contributed by atoms with Crippen molar-refractivity contribution in [3.05, 3.63) is 141 Å². The van der Waals surface area contributed by atoms with Gasteiger partial charge < -0.3 is 46.6 Å². The second-order valence-electron chi connectivity index (χ2n) is 24.1. The van der Waals surface area contributed by atoms with Gasteiger partial charge in [0.1, 0.15) is 18.0 Å². The number of amides is 6. The van der Waals surface area contributed by atoms with Gasteiger partial charge in [-0.3, -0.25) is 53.4 Å². The van der Waals surface area contributed by atoms with E-state index in [-0.39, 0.29) is 71.7 Å². The number of aromatic nitrogens is 7. The maximum atomic E-state index is 12.2. The molecule has 96 heavy (non-hydrogen) atoms. The van der Waals surface area contributed by atoms with Crippen LogP contribution in [0.2, 0.25) is 0 Å². The van der Waals surface area contributed by atoms with Crippen molar-refractivity contribution in [2.24, 2.45) is 0 Å². The van der Waals surface area contributed by atoms with Crippen molar-refractivity contribution in [3.8, 4) is 0 Å². The maximum absolute atomic E-state index is 12.2. The van der Waals surface area contributed by atoms with Crippen LogP contribution in [0, 0.1) is 0 Å². The fourth-order valence-corrected chi connectivity index (χ4v) is 12.3. The Bertz CT molecular complexity index is 2670. The van der Waals surface area contributed by atoms with E-state index in [0.29, 0.717) is 11.6 Å². The third-order valence-corrected chi connectivity index (χ3v) is 17.8. The van der Waals surface area contributed by atoms with Gasteiger partial charge in [-0.1, -0.05) is 24.3 Å². The highest BCUT2D eigenvalue weighted by Crippen LogP contribution is 2.25. The van der Waals surface area contributed by atoms with Crippen molar-refractivity contribution in [3.63, 3.8) is 0 Å². The molecule has 6 saturated heterocycles. The molecule has 0 bridgehead atoms. The highest BCUT2D eigenvalue weighted by molar-refractivity contribution is 6.00. The molecule has 516 valence electrons. The van der Waals surface area contributed by atoms with Gasteiger partial charge in [0, 0.05) is 87.8 Å². The number of nitrogens with one attached hydrogen (secondary N) is 6. The number of anilines is 6. The van der Waals surface area contributed by atoms with Gasteiger partial charge >= 0.3 is 0 Å². The minimum Gasteiger partial charge on any atom is -0.311 e. The normalized spacial score (nSPS) is 21.9. The predicted octanol–water partition coefficient (Wildman–Crippen LogP) is 6.51. The number of carbonyl (C=O) groups excluding carboxylic acids is 6. The Hall–Kier alpha value is -8.59. The van der Waals surface area contributed by atoms with Gasteiger partial charge in [0.05, 0.1) is 48.1 Å². The lowest BCUT2D eigenvalue weighted by molar-refractivity contribution is -0.121. The summed E-state index contributed by atoms with van der Waals surface area (Å²) in [6.45, 7) is 4.68. The van der Waals surface area contributed by atoms with Gasteiger partial charge in [-0.15, -0.1) is 5.10 Å². The van der Waals surface area contributed by atoms with E-state index in [1.165, 1.54) is 6.33 Å². The van der Waals surface area contributed by atoms with Gasteiger partial charge in [-0.05, 0) is 225 Å². The summed E-state index contributed by atoms with van der Waals surface area (Å²) in [7, 11) is 11.0. The Labute approximate surface area is 566 Å². The lowest BCUT2D eigenvalue weighted by atomic mass is 10.1. The third kappa shape index (κ3) is 22.2. The zero-order chi connectivity index (χ0) is 68.3.